The lowest BCUT2D eigenvalue weighted by atomic mass is 10.1. The fourth-order valence-electron chi connectivity index (χ4n) is 1.68. The molecule has 6 heteroatoms. The number of amides is 4. The number of hydrogen-bond donors (Lipinski definition) is 1. The third kappa shape index (κ3) is 2.71. The molecule has 0 bridgehead atoms. The van der Waals surface area contributed by atoms with Gasteiger partial charge >= 0.3 is 12.4 Å². The van der Waals surface area contributed by atoms with Gasteiger partial charge in [0.1, 0.15) is 6.04 Å². The van der Waals surface area contributed by atoms with Crippen molar-refractivity contribution in [2.45, 2.75) is 25.3 Å². The van der Waals surface area contributed by atoms with Crippen molar-refractivity contribution in [3.05, 3.63) is 0 Å². The van der Waals surface area contributed by atoms with Crippen molar-refractivity contribution in [1.29, 1.82) is 0 Å². The molecule has 0 spiro atoms. The third-order valence-corrected chi connectivity index (χ3v) is 2.54. The van der Waals surface area contributed by atoms with Gasteiger partial charge in [0.25, 0.3) is 5.91 Å². The van der Waals surface area contributed by atoms with E-state index < -0.39 is 6.04 Å². The van der Waals surface area contributed by atoms with Crippen LogP contribution in [0.5, 0.6) is 0 Å². The molecule has 16 heavy (non-hydrogen) atoms. The molecule has 0 aromatic carbocycles. The molecule has 1 aliphatic rings. The maximum atomic E-state index is 11.9. The van der Waals surface area contributed by atoms with Gasteiger partial charge in [-0.3, -0.25) is 14.5 Å². The summed E-state index contributed by atoms with van der Waals surface area (Å²) in [4.78, 5) is 36.4. The SMILES string of the molecule is CN(C)C(=O)N1CCCC[C@H](N[C]=O)C1=O. The fraction of sp³-hybridized carbons (Fsp3) is 0.700. The van der Waals surface area contributed by atoms with Gasteiger partial charge in [-0.1, -0.05) is 0 Å². The highest BCUT2D eigenvalue weighted by Gasteiger charge is 2.31. The smallest absolute Gasteiger partial charge is 0.326 e. The van der Waals surface area contributed by atoms with Crippen LogP contribution < -0.4 is 5.32 Å². The maximum absolute atomic E-state index is 11.9. The molecule has 1 heterocycles. The van der Waals surface area contributed by atoms with E-state index in [0.717, 1.165) is 12.8 Å². The van der Waals surface area contributed by atoms with E-state index in [0.29, 0.717) is 13.0 Å². The summed E-state index contributed by atoms with van der Waals surface area (Å²) in [6.07, 6.45) is 3.65. The van der Waals surface area contributed by atoms with E-state index in [-0.39, 0.29) is 11.9 Å². The Hall–Kier alpha value is -1.59. The van der Waals surface area contributed by atoms with Gasteiger partial charge in [-0.15, -0.1) is 0 Å². The quantitative estimate of drug-likeness (QED) is 0.657. The van der Waals surface area contributed by atoms with Crippen molar-refractivity contribution < 1.29 is 14.4 Å². The first-order valence-electron chi connectivity index (χ1n) is 5.23. The van der Waals surface area contributed by atoms with E-state index >= 15 is 0 Å². The number of nitrogens with zero attached hydrogens (tertiary/aromatic N) is 2. The van der Waals surface area contributed by atoms with Crippen molar-refractivity contribution in [3.63, 3.8) is 0 Å². The molecule has 1 fully saturated rings. The Morgan fingerprint density at radius 1 is 1.50 bits per heavy atom. The van der Waals surface area contributed by atoms with Gasteiger partial charge in [0.05, 0.1) is 0 Å². The number of carbonyl (C=O) groups is 2. The zero-order chi connectivity index (χ0) is 12.1. The lowest BCUT2D eigenvalue weighted by molar-refractivity contribution is -0.130. The minimum Gasteiger partial charge on any atom is -0.336 e. The average Bonchev–Trinajstić information content (AvgIpc) is 2.42. The molecule has 6 nitrogen and oxygen atoms in total. The molecule has 1 rings (SSSR count). The van der Waals surface area contributed by atoms with Crippen LogP contribution in [0.4, 0.5) is 4.79 Å². The Bertz CT molecular complexity index is 291. The van der Waals surface area contributed by atoms with E-state index in [2.05, 4.69) is 5.32 Å². The number of hydrogen-bond acceptors (Lipinski definition) is 3. The fourth-order valence-corrected chi connectivity index (χ4v) is 1.68. The Morgan fingerprint density at radius 2 is 2.19 bits per heavy atom. The zero-order valence-electron chi connectivity index (χ0n) is 9.52. The molecule has 1 atom stereocenters. The molecule has 0 unspecified atom stereocenters. The predicted octanol–water partition coefficient (Wildman–Crippen LogP) is -0.294. The van der Waals surface area contributed by atoms with Crippen LogP contribution in [0.1, 0.15) is 19.3 Å². The lowest BCUT2D eigenvalue weighted by Gasteiger charge is -2.25. The van der Waals surface area contributed by atoms with Crippen molar-refractivity contribution in [3.8, 4) is 0 Å². The summed E-state index contributed by atoms with van der Waals surface area (Å²) in [5.74, 6) is -0.348. The van der Waals surface area contributed by atoms with Gasteiger partial charge in [0.2, 0.25) is 0 Å². The largest absolute Gasteiger partial charge is 0.336 e. The van der Waals surface area contributed by atoms with E-state index in [1.165, 1.54) is 16.2 Å². The molecule has 0 aliphatic carbocycles. The van der Waals surface area contributed by atoms with Crippen LogP contribution in [0.15, 0.2) is 0 Å². The standard InChI is InChI=1S/C10H16N3O3/c1-12(2)10(16)13-6-4-3-5-8(9(13)15)11-7-14/h8H,3-6H2,1-2H3,(H,11,14)/t8-/m0/s1. The highest BCUT2D eigenvalue weighted by Crippen LogP contribution is 2.13. The molecule has 1 N–H and O–H groups in total. The van der Waals surface area contributed by atoms with Crippen molar-refractivity contribution >= 4 is 18.3 Å². The minimum atomic E-state index is -0.621. The second-order valence-electron chi connectivity index (χ2n) is 3.96. The monoisotopic (exact) mass is 226 g/mol. The number of nitrogens with one attached hydrogen (secondary N) is 1. The normalized spacial score (nSPS) is 21.2. The molecule has 0 aromatic rings. The highest BCUT2D eigenvalue weighted by molar-refractivity contribution is 5.97. The van der Waals surface area contributed by atoms with Gasteiger partial charge in [-0.2, -0.15) is 0 Å². The molecule has 0 aromatic heterocycles. The Balaban J connectivity index is 2.78. The van der Waals surface area contributed by atoms with Gasteiger partial charge in [0.15, 0.2) is 0 Å². The van der Waals surface area contributed by atoms with E-state index in [1.807, 2.05) is 0 Å². The maximum Gasteiger partial charge on any atom is 0.326 e. The van der Waals surface area contributed by atoms with Gasteiger partial charge in [-0.25, -0.2) is 4.79 Å². The molecule has 89 valence electrons. The van der Waals surface area contributed by atoms with Crippen LogP contribution in [0, 0.1) is 0 Å². The first-order valence-corrected chi connectivity index (χ1v) is 5.23. The number of carbonyl (C=O) groups excluding carboxylic acids is 3. The van der Waals surface area contributed by atoms with Crippen LogP contribution in [0.2, 0.25) is 0 Å². The van der Waals surface area contributed by atoms with Crippen molar-refractivity contribution in [2.75, 3.05) is 20.6 Å². The Kier molecular flexibility index (Phi) is 4.28. The van der Waals surface area contributed by atoms with Crippen LogP contribution in [0.25, 0.3) is 0 Å². The number of imide groups is 1. The number of urea groups is 1. The topological polar surface area (TPSA) is 69.7 Å². The summed E-state index contributed by atoms with van der Waals surface area (Å²) in [5.41, 5.74) is 0. The predicted molar refractivity (Wildman–Crippen MR) is 57.3 cm³/mol. The van der Waals surface area contributed by atoms with E-state index in [9.17, 15) is 14.4 Å². The van der Waals surface area contributed by atoms with Gasteiger partial charge in [-0.05, 0) is 19.3 Å². The highest BCUT2D eigenvalue weighted by atomic mass is 16.2. The second-order valence-corrected chi connectivity index (χ2v) is 3.96. The molecule has 1 aliphatic heterocycles. The molecule has 0 saturated carbocycles. The van der Waals surface area contributed by atoms with Crippen LogP contribution in [0.3, 0.4) is 0 Å². The summed E-state index contributed by atoms with van der Waals surface area (Å²) >= 11 is 0. The van der Waals surface area contributed by atoms with E-state index in [4.69, 9.17) is 0 Å². The zero-order valence-corrected chi connectivity index (χ0v) is 9.52. The first-order chi connectivity index (χ1) is 7.57. The second kappa shape index (κ2) is 5.48. The Morgan fingerprint density at radius 3 is 2.75 bits per heavy atom. The lowest BCUT2D eigenvalue weighted by Crippen LogP contribution is -2.50. The van der Waals surface area contributed by atoms with Gasteiger partial charge in [0, 0.05) is 20.6 Å². The summed E-state index contributed by atoms with van der Waals surface area (Å²) in [7, 11) is 3.18. The summed E-state index contributed by atoms with van der Waals surface area (Å²) in [6, 6.07) is -0.964. The molecule has 1 radical (unpaired) electrons. The average molecular weight is 226 g/mol. The van der Waals surface area contributed by atoms with Crippen LogP contribution in [-0.4, -0.2) is 54.8 Å². The number of likely N-dealkylation sites (tertiary alicyclic amines) is 1. The molecule has 1 saturated heterocycles. The van der Waals surface area contributed by atoms with Gasteiger partial charge < -0.3 is 10.2 Å². The third-order valence-electron chi connectivity index (χ3n) is 2.54. The molecule has 4 amide bonds. The van der Waals surface area contributed by atoms with Crippen LogP contribution >= 0.6 is 0 Å². The first kappa shape index (κ1) is 12.5. The van der Waals surface area contributed by atoms with Crippen molar-refractivity contribution in [1.82, 2.24) is 15.1 Å². The summed E-state index contributed by atoms with van der Waals surface area (Å²) in [5, 5.41) is 2.33. The molecular weight excluding hydrogens is 210 g/mol. The Labute approximate surface area is 94.6 Å². The summed E-state index contributed by atoms with van der Waals surface area (Å²) < 4.78 is 0. The summed E-state index contributed by atoms with van der Waals surface area (Å²) in [6.45, 7) is 0.410. The minimum absolute atomic E-state index is 0.343. The van der Waals surface area contributed by atoms with E-state index in [1.54, 1.807) is 14.1 Å². The number of rotatable bonds is 2. The molecular formula is C10H16N3O3. The van der Waals surface area contributed by atoms with Crippen molar-refractivity contribution in [2.24, 2.45) is 0 Å². The van der Waals surface area contributed by atoms with Crippen LogP contribution in [-0.2, 0) is 9.59 Å².